The predicted octanol–water partition coefficient (Wildman–Crippen LogP) is 1.85. The molecule has 0 saturated heterocycles. The number of halogens is 3. The third kappa shape index (κ3) is 2.85. The van der Waals surface area contributed by atoms with Crippen molar-refractivity contribution < 1.29 is 13.2 Å². The third-order valence-corrected chi connectivity index (χ3v) is 3.00. The first-order chi connectivity index (χ1) is 8.50. The summed E-state index contributed by atoms with van der Waals surface area (Å²) in [5, 5.41) is 15.4. The Morgan fingerprint density at radius 2 is 2.17 bits per heavy atom. The number of rotatable bonds is 4. The van der Waals surface area contributed by atoms with Gasteiger partial charge in [-0.3, -0.25) is 0 Å². The molecule has 0 saturated carbocycles. The van der Waals surface area contributed by atoms with E-state index < -0.39 is 11.7 Å². The predicted molar refractivity (Wildman–Crippen MR) is 59.4 cm³/mol. The van der Waals surface area contributed by atoms with E-state index in [9.17, 15) is 13.2 Å². The van der Waals surface area contributed by atoms with Crippen molar-refractivity contribution in [1.29, 1.82) is 0 Å². The third-order valence-electron chi connectivity index (χ3n) is 2.09. The highest BCUT2D eigenvalue weighted by Gasteiger charge is 2.32. The molecule has 9 heteroatoms. The van der Waals surface area contributed by atoms with Crippen LogP contribution in [0.1, 0.15) is 17.5 Å². The van der Waals surface area contributed by atoms with Crippen LogP contribution >= 0.6 is 11.3 Å². The van der Waals surface area contributed by atoms with Gasteiger partial charge in [-0.05, 0) is 6.54 Å². The summed E-state index contributed by atoms with van der Waals surface area (Å²) in [5.41, 5.74) is -0.800. The molecule has 0 radical (unpaired) electrons. The van der Waals surface area contributed by atoms with Gasteiger partial charge < -0.3 is 5.32 Å². The van der Waals surface area contributed by atoms with Crippen molar-refractivity contribution in [1.82, 2.24) is 25.3 Å². The van der Waals surface area contributed by atoms with Crippen LogP contribution < -0.4 is 5.32 Å². The maximum atomic E-state index is 12.4. The molecule has 5 nitrogen and oxygen atoms in total. The molecule has 0 aliphatic heterocycles. The maximum absolute atomic E-state index is 12.4. The average Bonchev–Trinajstić information content (AvgIpc) is 2.93. The van der Waals surface area contributed by atoms with Gasteiger partial charge in [0.1, 0.15) is 5.01 Å². The van der Waals surface area contributed by atoms with Gasteiger partial charge >= 0.3 is 6.18 Å². The highest BCUT2D eigenvalue weighted by molar-refractivity contribution is 7.13. The van der Waals surface area contributed by atoms with Gasteiger partial charge in [0.15, 0.2) is 0 Å². The summed E-state index contributed by atoms with van der Waals surface area (Å²) in [6, 6.07) is 0. The van der Waals surface area contributed by atoms with Crippen LogP contribution in [0, 0.1) is 0 Å². The second-order valence-corrected chi connectivity index (χ2v) is 4.47. The molecule has 0 bridgehead atoms. The normalized spacial score (nSPS) is 12.0. The van der Waals surface area contributed by atoms with Gasteiger partial charge in [0.05, 0.1) is 11.8 Å². The van der Waals surface area contributed by atoms with Crippen LogP contribution in [-0.4, -0.2) is 26.5 Å². The van der Waals surface area contributed by atoms with E-state index >= 15 is 0 Å². The number of aromatic nitrogens is 4. The van der Waals surface area contributed by atoms with Crippen molar-refractivity contribution in [3.05, 3.63) is 23.0 Å². The lowest BCUT2D eigenvalue weighted by Gasteiger charge is -1.99. The van der Waals surface area contributed by atoms with Gasteiger partial charge in [-0.15, -0.1) is 10.2 Å². The highest BCUT2D eigenvalue weighted by Crippen LogP contribution is 2.29. The van der Waals surface area contributed by atoms with Gasteiger partial charge in [-0.1, -0.05) is 18.3 Å². The fourth-order valence-electron chi connectivity index (χ4n) is 1.21. The molecule has 2 aromatic heterocycles. The second kappa shape index (κ2) is 5.02. The first-order valence-corrected chi connectivity index (χ1v) is 5.97. The van der Waals surface area contributed by atoms with E-state index in [1.54, 1.807) is 0 Å². The van der Waals surface area contributed by atoms with E-state index in [-0.39, 0.29) is 0 Å². The topological polar surface area (TPSA) is 55.6 Å². The summed E-state index contributed by atoms with van der Waals surface area (Å²) in [6.07, 6.45) is -2.72. The zero-order chi connectivity index (χ0) is 13.2. The SMILES string of the molecule is CCNCc1nnc(-n2cc(C(F)(F)F)cn2)s1. The quantitative estimate of drug-likeness (QED) is 0.926. The summed E-state index contributed by atoms with van der Waals surface area (Å²) < 4.78 is 38.3. The molecule has 98 valence electrons. The Morgan fingerprint density at radius 1 is 1.39 bits per heavy atom. The Kier molecular flexibility index (Phi) is 3.62. The Balaban J connectivity index is 2.16. The lowest BCUT2D eigenvalue weighted by molar-refractivity contribution is -0.137. The minimum absolute atomic E-state index is 0.318. The monoisotopic (exact) mass is 277 g/mol. The Morgan fingerprint density at radius 3 is 2.78 bits per heavy atom. The molecule has 1 N–H and O–H groups in total. The van der Waals surface area contributed by atoms with Gasteiger partial charge in [-0.25, -0.2) is 4.68 Å². The highest BCUT2D eigenvalue weighted by atomic mass is 32.1. The summed E-state index contributed by atoms with van der Waals surface area (Å²) in [6.45, 7) is 3.28. The fraction of sp³-hybridized carbons (Fsp3) is 0.444. The van der Waals surface area contributed by atoms with Gasteiger partial charge in [0.2, 0.25) is 5.13 Å². The van der Waals surface area contributed by atoms with Crippen LogP contribution in [0.2, 0.25) is 0 Å². The zero-order valence-electron chi connectivity index (χ0n) is 9.40. The lowest BCUT2D eigenvalue weighted by atomic mass is 10.4. The molecule has 0 amide bonds. The molecule has 0 aromatic carbocycles. The molecule has 0 aliphatic carbocycles. The van der Waals surface area contributed by atoms with E-state index in [1.165, 1.54) is 11.3 Å². The Bertz CT molecular complexity index is 518. The van der Waals surface area contributed by atoms with E-state index in [1.807, 2.05) is 6.92 Å². The molecule has 0 spiro atoms. The second-order valence-electron chi connectivity index (χ2n) is 3.43. The van der Waals surface area contributed by atoms with Crippen LogP contribution in [0.25, 0.3) is 5.13 Å². The number of nitrogens with one attached hydrogen (secondary N) is 1. The Labute approximate surface area is 105 Å². The Hall–Kier alpha value is -1.48. The lowest BCUT2D eigenvalue weighted by Crippen LogP contribution is -2.11. The summed E-state index contributed by atoms with van der Waals surface area (Å²) in [7, 11) is 0. The van der Waals surface area contributed by atoms with Gasteiger partial charge in [0, 0.05) is 12.7 Å². The molecule has 0 fully saturated rings. The van der Waals surface area contributed by atoms with E-state index in [4.69, 9.17) is 0 Å². The molecular weight excluding hydrogens is 267 g/mol. The van der Waals surface area contributed by atoms with E-state index in [0.717, 1.165) is 23.6 Å². The van der Waals surface area contributed by atoms with Crippen LogP contribution in [-0.2, 0) is 12.7 Å². The largest absolute Gasteiger partial charge is 0.419 e. The first-order valence-electron chi connectivity index (χ1n) is 5.16. The molecule has 2 aromatic rings. The summed E-state index contributed by atoms with van der Waals surface area (Å²) in [4.78, 5) is 0. The minimum Gasteiger partial charge on any atom is -0.311 e. The van der Waals surface area contributed by atoms with Gasteiger partial charge in [0.25, 0.3) is 0 Å². The van der Waals surface area contributed by atoms with Crippen molar-refractivity contribution in [2.75, 3.05) is 6.54 Å². The molecule has 0 aliphatic rings. The average molecular weight is 277 g/mol. The number of alkyl halides is 3. The van der Waals surface area contributed by atoms with Crippen LogP contribution in [0.4, 0.5) is 13.2 Å². The minimum atomic E-state index is -4.39. The number of hydrogen-bond donors (Lipinski definition) is 1. The first kappa shape index (κ1) is 13.0. The molecule has 0 unspecified atom stereocenters. The van der Waals surface area contributed by atoms with Crippen LogP contribution in [0.3, 0.4) is 0 Å². The van der Waals surface area contributed by atoms with E-state index in [0.29, 0.717) is 16.7 Å². The van der Waals surface area contributed by atoms with Crippen LogP contribution in [0.15, 0.2) is 12.4 Å². The standard InChI is InChI=1S/C9H10F3N5S/c1-2-13-4-7-15-16-8(18-7)17-5-6(3-14-17)9(10,11)12/h3,5,13H,2,4H2,1H3. The zero-order valence-corrected chi connectivity index (χ0v) is 10.2. The summed E-state index contributed by atoms with van der Waals surface area (Å²) >= 11 is 1.20. The van der Waals surface area contributed by atoms with Crippen molar-refractivity contribution in [2.45, 2.75) is 19.6 Å². The fourth-order valence-corrected chi connectivity index (χ4v) is 1.96. The molecule has 0 atom stereocenters. The molecule has 2 rings (SSSR count). The van der Waals surface area contributed by atoms with Crippen molar-refractivity contribution in [3.63, 3.8) is 0 Å². The van der Waals surface area contributed by atoms with Gasteiger partial charge in [-0.2, -0.15) is 18.3 Å². The maximum Gasteiger partial charge on any atom is 0.419 e. The number of hydrogen-bond acceptors (Lipinski definition) is 5. The van der Waals surface area contributed by atoms with Crippen molar-refractivity contribution in [2.24, 2.45) is 0 Å². The van der Waals surface area contributed by atoms with Crippen LogP contribution in [0.5, 0.6) is 0 Å². The number of nitrogens with zero attached hydrogens (tertiary/aromatic N) is 4. The van der Waals surface area contributed by atoms with E-state index in [2.05, 4.69) is 20.6 Å². The van der Waals surface area contributed by atoms with Crippen molar-refractivity contribution >= 4 is 11.3 Å². The molecule has 18 heavy (non-hydrogen) atoms. The molecular formula is C9H10F3N5S. The van der Waals surface area contributed by atoms with Crippen molar-refractivity contribution in [3.8, 4) is 5.13 Å². The molecule has 2 heterocycles. The smallest absolute Gasteiger partial charge is 0.311 e. The summed E-state index contributed by atoms with van der Waals surface area (Å²) in [5.74, 6) is 0.